The molecule has 0 radical (unpaired) electrons. The van der Waals surface area contributed by atoms with Crippen LogP contribution >= 0.6 is 11.6 Å². The van der Waals surface area contributed by atoms with E-state index in [0.29, 0.717) is 6.42 Å². The molecule has 3 heterocycles. The highest BCUT2D eigenvalue weighted by Gasteiger charge is 2.08. The number of nitrogens with one attached hydrogen (secondary N) is 2. The number of aryl methyl sites for hydroxylation is 2. The van der Waals surface area contributed by atoms with Crippen LogP contribution in [-0.2, 0) is 19.3 Å². The van der Waals surface area contributed by atoms with Crippen LogP contribution in [0.4, 0.5) is 0 Å². The van der Waals surface area contributed by atoms with Crippen molar-refractivity contribution in [2.75, 3.05) is 0 Å². The molecule has 0 bridgehead atoms. The number of hydrogen-bond donors (Lipinski definition) is 2. The van der Waals surface area contributed by atoms with Crippen LogP contribution < -0.4 is 5.56 Å². The number of halogens is 1. The summed E-state index contributed by atoms with van der Waals surface area (Å²) in [7, 11) is 0. The molecule has 4 rings (SSSR count). The van der Waals surface area contributed by atoms with Gasteiger partial charge in [0.25, 0.3) is 5.56 Å². The van der Waals surface area contributed by atoms with E-state index in [1.165, 1.54) is 5.56 Å². The zero-order valence-corrected chi connectivity index (χ0v) is 14.9. The topological polar surface area (TPSA) is 61.5 Å². The number of nitrogens with zero attached hydrogens (tertiary/aromatic N) is 1. The third-order valence-corrected chi connectivity index (χ3v) is 4.82. The Kier molecular flexibility index (Phi) is 4.59. The summed E-state index contributed by atoms with van der Waals surface area (Å²) in [5.41, 5.74) is 4.78. The van der Waals surface area contributed by atoms with Crippen molar-refractivity contribution in [1.29, 1.82) is 0 Å². The fourth-order valence-corrected chi connectivity index (χ4v) is 3.25. The molecule has 3 aromatic heterocycles. The molecule has 5 heteroatoms. The van der Waals surface area contributed by atoms with Crippen LogP contribution in [0.5, 0.6) is 0 Å². The van der Waals surface area contributed by atoms with Crippen molar-refractivity contribution in [2.45, 2.75) is 19.3 Å². The highest BCUT2D eigenvalue weighted by atomic mass is 35.5. The van der Waals surface area contributed by atoms with Crippen molar-refractivity contribution in [1.82, 2.24) is 15.0 Å². The van der Waals surface area contributed by atoms with E-state index in [0.717, 1.165) is 45.7 Å². The van der Waals surface area contributed by atoms with Crippen molar-refractivity contribution in [3.05, 3.63) is 98.7 Å². The zero-order chi connectivity index (χ0) is 17.9. The van der Waals surface area contributed by atoms with Gasteiger partial charge in [-0.3, -0.25) is 4.79 Å². The monoisotopic (exact) mass is 363 g/mol. The highest BCUT2D eigenvalue weighted by Crippen LogP contribution is 2.18. The lowest BCUT2D eigenvalue weighted by Crippen LogP contribution is -2.15. The van der Waals surface area contributed by atoms with E-state index in [1.807, 2.05) is 54.7 Å². The van der Waals surface area contributed by atoms with Crippen LogP contribution in [0, 0.1) is 0 Å². The van der Waals surface area contributed by atoms with Crippen LogP contribution in [0.1, 0.15) is 22.4 Å². The minimum absolute atomic E-state index is 0.0307. The van der Waals surface area contributed by atoms with Gasteiger partial charge in [-0.15, -0.1) is 0 Å². The van der Waals surface area contributed by atoms with Crippen molar-refractivity contribution < 1.29 is 0 Å². The molecule has 0 aliphatic rings. The van der Waals surface area contributed by atoms with Gasteiger partial charge < -0.3 is 9.97 Å². The largest absolute Gasteiger partial charge is 0.346 e. The first-order valence-corrected chi connectivity index (χ1v) is 8.93. The van der Waals surface area contributed by atoms with Crippen LogP contribution in [-0.4, -0.2) is 15.0 Å². The van der Waals surface area contributed by atoms with E-state index < -0.39 is 0 Å². The molecule has 0 spiro atoms. The summed E-state index contributed by atoms with van der Waals surface area (Å²) in [5, 5.41) is 1.79. The molecule has 2 N–H and O–H groups in total. The number of hydrogen-bond acceptors (Lipinski definition) is 2. The van der Waals surface area contributed by atoms with Gasteiger partial charge in [-0.2, -0.15) is 0 Å². The fraction of sp³-hybridized carbons (Fsp3) is 0.143. The maximum Gasteiger partial charge on any atom is 0.251 e. The Hall–Kier alpha value is -2.85. The molecule has 0 amide bonds. The maximum atomic E-state index is 12.5. The predicted octanol–water partition coefficient (Wildman–Crippen LogP) is 4.28. The first-order valence-electron chi connectivity index (χ1n) is 8.55. The number of pyridine rings is 2. The lowest BCUT2D eigenvalue weighted by atomic mass is 10.0. The molecule has 0 saturated carbocycles. The molecule has 0 atom stereocenters. The number of aromatic amines is 2. The molecule has 26 heavy (non-hydrogen) atoms. The molecule has 1 aromatic carbocycles. The van der Waals surface area contributed by atoms with E-state index in [1.54, 1.807) is 6.20 Å². The van der Waals surface area contributed by atoms with Crippen molar-refractivity contribution in [3.8, 4) is 0 Å². The summed E-state index contributed by atoms with van der Waals surface area (Å²) < 4.78 is 0. The summed E-state index contributed by atoms with van der Waals surface area (Å²) in [6.45, 7) is 0. The van der Waals surface area contributed by atoms with Gasteiger partial charge in [-0.05, 0) is 54.3 Å². The average molecular weight is 364 g/mol. The smallest absolute Gasteiger partial charge is 0.251 e. The fourth-order valence-electron chi connectivity index (χ4n) is 3.12. The Morgan fingerprint density at radius 2 is 1.81 bits per heavy atom. The first kappa shape index (κ1) is 16.6. The third-order valence-electron chi connectivity index (χ3n) is 4.57. The normalized spacial score (nSPS) is 11.1. The zero-order valence-electron chi connectivity index (χ0n) is 14.1. The maximum absolute atomic E-state index is 12.5. The average Bonchev–Trinajstić information content (AvgIpc) is 3.06. The lowest BCUT2D eigenvalue weighted by molar-refractivity contribution is 0.895. The van der Waals surface area contributed by atoms with Gasteiger partial charge in [0.1, 0.15) is 5.65 Å². The SMILES string of the molecule is O=c1[nH]c(CCc2ccc(Cl)cc2)ccc1Cc1c[nH]c2ncccc12. The molecule has 4 nitrogen and oxygen atoms in total. The van der Waals surface area contributed by atoms with Gasteiger partial charge >= 0.3 is 0 Å². The van der Waals surface area contributed by atoms with Gasteiger partial charge in [0.05, 0.1) is 0 Å². The molecular weight excluding hydrogens is 346 g/mol. The van der Waals surface area contributed by atoms with Crippen LogP contribution in [0.25, 0.3) is 11.0 Å². The molecule has 130 valence electrons. The van der Waals surface area contributed by atoms with E-state index in [9.17, 15) is 4.79 Å². The Morgan fingerprint density at radius 1 is 0.962 bits per heavy atom. The number of H-pyrrole nitrogens is 2. The molecule has 0 unspecified atom stereocenters. The number of benzene rings is 1. The van der Waals surface area contributed by atoms with Gasteiger partial charge in [0.2, 0.25) is 0 Å². The Balaban J connectivity index is 1.49. The second-order valence-electron chi connectivity index (χ2n) is 6.35. The molecule has 4 aromatic rings. The minimum Gasteiger partial charge on any atom is -0.346 e. The van der Waals surface area contributed by atoms with Crippen LogP contribution in [0.15, 0.2) is 65.7 Å². The van der Waals surface area contributed by atoms with Gasteiger partial charge in [0.15, 0.2) is 0 Å². The second-order valence-corrected chi connectivity index (χ2v) is 6.79. The summed E-state index contributed by atoms with van der Waals surface area (Å²) in [5.74, 6) is 0. The van der Waals surface area contributed by atoms with Crippen molar-refractivity contribution in [2.24, 2.45) is 0 Å². The lowest BCUT2D eigenvalue weighted by Gasteiger charge is -2.05. The van der Waals surface area contributed by atoms with E-state index in [-0.39, 0.29) is 5.56 Å². The Bertz CT molecular complexity index is 1100. The molecule has 0 aliphatic heterocycles. The minimum atomic E-state index is -0.0307. The van der Waals surface area contributed by atoms with Crippen molar-refractivity contribution >= 4 is 22.6 Å². The first-order chi connectivity index (χ1) is 12.7. The molecular formula is C21H18ClN3O. The van der Waals surface area contributed by atoms with Crippen molar-refractivity contribution in [3.63, 3.8) is 0 Å². The standard InChI is InChI=1S/C21H18ClN3O/c22-17-7-3-14(4-8-17)5-9-18-10-6-15(21(26)25-18)12-16-13-24-20-19(16)2-1-11-23-20/h1-4,6-8,10-11,13H,5,9,12H2,(H,23,24)(H,25,26). The number of fused-ring (bicyclic) bond motifs is 1. The Labute approximate surface area is 155 Å². The highest BCUT2D eigenvalue weighted by molar-refractivity contribution is 6.30. The molecule has 0 aliphatic carbocycles. The third kappa shape index (κ3) is 3.55. The summed E-state index contributed by atoms with van der Waals surface area (Å²) >= 11 is 5.91. The van der Waals surface area contributed by atoms with E-state index in [4.69, 9.17) is 11.6 Å². The molecule has 0 saturated heterocycles. The second kappa shape index (κ2) is 7.18. The van der Waals surface area contributed by atoms with Gasteiger partial charge in [-0.25, -0.2) is 4.98 Å². The van der Waals surface area contributed by atoms with E-state index in [2.05, 4.69) is 15.0 Å². The van der Waals surface area contributed by atoms with Crippen LogP contribution in [0.3, 0.4) is 0 Å². The summed E-state index contributed by atoms with van der Waals surface area (Å²) in [6, 6.07) is 15.6. The predicted molar refractivity (Wildman–Crippen MR) is 105 cm³/mol. The Morgan fingerprint density at radius 3 is 2.62 bits per heavy atom. The number of rotatable bonds is 5. The van der Waals surface area contributed by atoms with E-state index >= 15 is 0 Å². The summed E-state index contributed by atoms with van der Waals surface area (Å²) in [6.07, 6.45) is 5.91. The quantitative estimate of drug-likeness (QED) is 0.556. The number of aromatic nitrogens is 3. The van der Waals surface area contributed by atoms with Gasteiger partial charge in [-0.1, -0.05) is 29.8 Å². The van der Waals surface area contributed by atoms with Gasteiger partial charge in [0, 0.05) is 40.5 Å². The van der Waals surface area contributed by atoms with Crippen LogP contribution in [0.2, 0.25) is 5.02 Å². The molecule has 0 fully saturated rings. The summed E-state index contributed by atoms with van der Waals surface area (Å²) in [4.78, 5) is 22.9.